The molecule has 2 rings (SSSR count). The van der Waals surface area contributed by atoms with Crippen LogP contribution in [0.15, 0.2) is 18.3 Å². The maximum Gasteiger partial charge on any atom is 0.122 e. The van der Waals surface area contributed by atoms with Crippen LogP contribution in [0.3, 0.4) is 0 Å². The molecule has 0 aliphatic carbocycles. The minimum atomic E-state index is 0.928. The van der Waals surface area contributed by atoms with Crippen molar-refractivity contribution in [2.24, 2.45) is 0 Å². The largest absolute Gasteiger partial charge is 0.496 e. The molecular weight excluding hydrogens is 200 g/mol. The molecule has 2 aromatic rings. The van der Waals surface area contributed by atoms with Gasteiger partial charge in [0, 0.05) is 5.56 Å². The quantitative estimate of drug-likeness (QED) is 0.838. The topological polar surface area (TPSA) is 37.9 Å². The van der Waals surface area contributed by atoms with E-state index in [-0.39, 0.29) is 0 Å². The molecule has 3 nitrogen and oxygen atoms in total. The summed E-state index contributed by atoms with van der Waals surface area (Å²) in [6.07, 6.45) is 1.86. The number of rotatable bonds is 2. The Morgan fingerprint density at radius 3 is 2.44 bits per heavy atom. The molecule has 0 unspecified atom stereocenters. The number of imidazole rings is 1. The second-order valence-electron chi connectivity index (χ2n) is 3.95. The predicted octanol–water partition coefficient (Wildman–Crippen LogP) is 3.01. The first-order valence-corrected chi connectivity index (χ1v) is 5.29. The standard InChI is InChI=1S/C13H16N2O/c1-8-9(2)13(16-4)6-5-11(8)12-7-14-10(3)15-12/h5-7H,1-4H3,(H,14,15). The van der Waals surface area contributed by atoms with E-state index < -0.39 is 0 Å². The number of nitrogens with one attached hydrogen (secondary N) is 1. The van der Waals surface area contributed by atoms with Crippen molar-refractivity contribution >= 4 is 0 Å². The molecule has 0 radical (unpaired) electrons. The molecule has 1 aromatic carbocycles. The molecule has 0 atom stereocenters. The van der Waals surface area contributed by atoms with E-state index in [1.807, 2.05) is 19.2 Å². The Bertz CT molecular complexity index is 515. The van der Waals surface area contributed by atoms with Gasteiger partial charge in [0.25, 0.3) is 0 Å². The van der Waals surface area contributed by atoms with Crippen LogP contribution >= 0.6 is 0 Å². The highest BCUT2D eigenvalue weighted by Gasteiger charge is 2.09. The minimum absolute atomic E-state index is 0.928. The van der Waals surface area contributed by atoms with Gasteiger partial charge in [-0.3, -0.25) is 0 Å². The lowest BCUT2D eigenvalue weighted by Crippen LogP contribution is -1.93. The van der Waals surface area contributed by atoms with Crippen molar-refractivity contribution in [1.29, 1.82) is 0 Å². The molecule has 16 heavy (non-hydrogen) atoms. The van der Waals surface area contributed by atoms with Crippen LogP contribution in [-0.4, -0.2) is 17.1 Å². The van der Waals surface area contributed by atoms with Gasteiger partial charge in [0.1, 0.15) is 11.6 Å². The van der Waals surface area contributed by atoms with E-state index in [4.69, 9.17) is 4.74 Å². The average Bonchev–Trinajstić information content (AvgIpc) is 2.69. The highest BCUT2D eigenvalue weighted by Crippen LogP contribution is 2.29. The number of aryl methyl sites for hydroxylation is 1. The number of H-pyrrole nitrogens is 1. The third-order valence-corrected chi connectivity index (χ3v) is 2.95. The van der Waals surface area contributed by atoms with Crippen LogP contribution < -0.4 is 4.74 Å². The Morgan fingerprint density at radius 1 is 1.12 bits per heavy atom. The maximum atomic E-state index is 5.30. The van der Waals surface area contributed by atoms with E-state index in [1.54, 1.807) is 7.11 Å². The molecule has 0 fully saturated rings. The van der Waals surface area contributed by atoms with Gasteiger partial charge < -0.3 is 9.72 Å². The number of benzene rings is 1. The van der Waals surface area contributed by atoms with Gasteiger partial charge in [0.05, 0.1) is 19.0 Å². The van der Waals surface area contributed by atoms with Crippen LogP contribution in [0.25, 0.3) is 11.3 Å². The monoisotopic (exact) mass is 216 g/mol. The van der Waals surface area contributed by atoms with Crippen LogP contribution in [-0.2, 0) is 0 Å². The van der Waals surface area contributed by atoms with Crippen molar-refractivity contribution in [3.05, 3.63) is 35.3 Å². The summed E-state index contributed by atoms with van der Waals surface area (Å²) in [4.78, 5) is 7.47. The van der Waals surface area contributed by atoms with Gasteiger partial charge in [-0.15, -0.1) is 0 Å². The van der Waals surface area contributed by atoms with E-state index in [0.29, 0.717) is 0 Å². The Labute approximate surface area is 95.5 Å². The molecule has 0 bridgehead atoms. The molecule has 1 aromatic heterocycles. The zero-order valence-corrected chi connectivity index (χ0v) is 10.1. The Morgan fingerprint density at radius 2 is 1.88 bits per heavy atom. The molecule has 0 saturated heterocycles. The fraction of sp³-hybridized carbons (Fsp3) is 0.308. The molecule has 0 saturated carbocycles. The van der Waals surface area contributed by atoms with E-state index in [1.165, 1.54) is 16.7 Å². The van der Waals surface area contributed by atoms with Crippen molar-refractivity contribution in [3.8, 4) is 17.0 Å². The van der Waals surface area contributed by atoms with Crippen molar-refractivity contribution in [2.75, 3.05) is 7.11 Å². The Kier molecular flexibility index (Phi) is 2.69. The first kappa shape index (κ1) is 10.7. The number of ether oxygens (including phenoxy) is 1. The number of methoxy groups -OCH3 is 1. The summed E-state index contributed by atoms with van der Waals surface area (Å²) in [7, 11) is 1.70. The highest BCUT2D eigenvalue weighted by molar-refractivity contribution is 5.66. The van der Waals surface area contributed by atoms with E-state index >= 15 is 0 Å². The Balaban J connectivity index is 2.55. The summed E-state index contributed by atoms with van der Waals surface area (Å²) in [6, 6.07) is 4.06. The fourth-order valence-corrected chi connectivity index (χ4v) is 1.87. The molecule has 84 valence electrons. The number of nitrogens with zero attached hydrogens (tertiary/aromatic N) is 1. The third kappa shape index (κ3) is 1.69. The molecule has 0 amide bonds. The van der Waals surface area contributed by atoms with Gasteiger partial charge in [-0.05, 0) is 44.0 Å². The zero-order chi connectivity index (χ0) is 11.7. The lowest BCUT2D eigenvalue weighted by atomic mass is 10.0. The molecular formula is C13H16N2O. The molecule has 0 aliphatic rings. The Hall–Kier alpha value is -1.77. The molecule has 0 aliphatic heterocycles. The lowest BCUT2D eigenvalue weighted by molar-refractivity contribution is 0.411. The van der Waals surface area contributed by atoms with Gasteiger partial charge in [-0.2, -0.15) is 0 Å². The van der Waals surface area contributed by atoms with Gasteiger partial charge >= 0.3 is 0 Å². The number of hydrogen-bond acceptors (Lipinski definition) is 2. The first-order chi connectivity index (χ1) is 7.63. The molecule has 3 heteroatoms. The van der Waals surface area contributed by atoms with Crippen molar-refractivity contribution < 1.29 is 4.74 Å². The summed E-state index contributed by atoms with van der Waals surface area (Å²) in [5, 5.41) is 0. The molecule has 0 spiro atoms. The van der Waals surface area contributed by atoms with E-state index in [9.17, 15) is 0 Å². The average molecular weight is 216 g/mol. The summed E-state index contributed by atoms with van der Waals surface area (Å²) in [5.41, 5.74) is 4.63. The third-order valence-electron chi connectivity index (χ3n) is 2.95. The number of hydrogen-bond donors (Lipinski definition) is 1. The van der Waals surface area contributed by atoms with E-state index in [2.05, 4.69) is 29.9 Å². The second kappa shape index (κ2) is 4.00. The summed E-state index contributed by atoms with van der Waals surface area (Å²) < 4.78 is 5.30. The molecule has 1 heterocycles. The lowest BCUT2D eigenvalue weighted by Gasteiger charge is -2.11. The normalized spacial score (nSPS) is 10.5. The minimum Gasteiger partial charge on any atom is -0.496 e. The van der Waals surface area contributed by atoms with Crippen LogP contribution in [0.1, 0.15) is 17.0 Å². The predicted molar refractivity (Wildman–Crippen MR) is 64.8 cm³/mol. The summed E-state index contributed by atoms with van der Waals surface area (Å²) in [6.45, 7) is 6.12. The van der Waals surface area contributed by atoms with Crippen LogP contribution in [0.4, 0.5) is 0 Å². The first-order valence-electron chi connectivity index (χ1n) is 5.29. The fourth-order valence-electron chi connectivity index (χ4n) is 1.87. The smallest absolute Gasteiger partial charge is 0.122 e. The highest BCUT2D eigenvalue weighted by atomic mass is 16.5. The van der Waals surface area contributed by atoms with E-state index in [0.717, 1.165) is 17.3 Å². The number of aromatic amines is 1. The van der Waals surface area contributed by atoms with Crippen molar-refractivity contribution in [1.82, 2.24) is 9.97 Å². The van der Waals surface area contributed by atoms with Crippen molar-refractivity contribution in [2.45, 2.75) is 20.8 Å². The molecule has 1 N–H and O–H groups in total. The van der Waals surface area contributed by atoms with Gasteiger partial charge in [-0.1, -0.05) is 0 Å². The van der Waals surface area contributed by atoms with Gasteiger partial charge in [-0.25, -0.2) is 4.98 Å². The second-order valence-corrected chi connectivity index (χ2v) is 3.95. The van der Waals surface area contributed by atoms with Crippen molar-refractivity contribution in [3.63, 3.8) is 0 Å². The van der Waals surface area contributed by atoms with Crippen LogP contribution in [0.5, 0.6) is 5.75 Å². The number of aromatic nitrogens is 2. The van der Waals surface area contributed by atoms with Crippen LogP contribution in [0.2, 0.25) is 0 Å². The van der Waals surface area contributed by atoms with Gasteiger partial charge in [0.15, 0.2) is 0 Å². The summed E-state index contributed by atoms with van der Waals surface area (Å²) in [5.74, 6) is 1.86. The zero-order valence-electron chi connectivity index (χ0n) is 10.1. The summed E-state index contributed by atoms with van der Waals surface area (Å²) >= 11 is 0. The van der Waals surface area contributed by atoms with Gasteiger partial charge in [0.2, 0.25) is 0 Å². The maximum absolute atomic E-state index is 5.30. The van der Waals surface area contributed by atoms with Crippen LogP contribution in [0, 0.1) is 20.8 Å². The SMILES string of the molecule is COc1ccc(-c2cnc(C)[nH]2)c(C)c1C.